The SMILES string of the molecule is COC(=O)Cc1cc(Br)c(Oc2ccc(OC)cc2C(C)(C)C(=O)c2ccccc2)c(Br)c1. The van der Waals surface area contributed by atoms with Gasteiger partial charge in [-0.25, -0.2) is 0 Å². The third kappa shape index (κ3) is 5.65. The zero-order valence-electron chi connectivity index (χ0n) is 18.8. The molecular formula is C26H24Br2O5. The first-order chi connectivity index (χ1) is 15.7. The van der Waals surface area contributed by atoms with Crippen molar-refractivity contribution in [1.29, 1.82) is 0 Å². The van der Waals surface area contributed by atoms with Crippen molar-refractivity contribution in [2.75, 3.05) is 14.2 Å². The van der Waals surface area contributed by atoms with Crippen LogP contribution in [0.4, 0.5) is 0 Å². The van der Waals surface area contributed by atoms with E-state index in [2.05, 4.69) is 31.9 Å². The highest BCUT2D eigenvalue weighted by atomic mass is 79.9. The molecule has 3 aromatic carbocycles. The van der Waals surface area contributed by atoms with Gasteiger partial charge in [0, 0.05) is 11.1 Å². The summed E-state index contributed by atoms with van der Waals surface area (Å²) in [6.07, 6.45) is 0.139. The Labute approximate surface area is 210 Å². The van der Waals surface area contributed by atoms with Crippen LogP contribution in [0, 0.1) is 0 Å². The topological polar surface area (TPSA) is 61.8 Å². The van der Waals surface area contributed by atoms with E-state index in [9.17, 15) is 9.59 Å². The van der Waals surface area contributed by atoms with E-state index in [1.165, 1.54) is 7.11 Å². The molecule has 0 atom stereocenters. The molecule has 0 fully saturated rings. The number of halogens is 2. The minimum atomic E-state index is -0.894. The molecule has 0 amide bonds. The number of carbonyl (C=O) groups excluding carboxylic acids is 2. The van der Waals surface area contributed by atoms with Gasteiger partial charge in [-0.1, -0.05) is 30.3 Å². The van der Waals surface area contributed by atoms with Crippen molar-refractivity contribution in [3.05, 3.63) is 86.3 Å². The fourth-order valence-electron chi connectivity index (χ4n) is 3.45. The van der Waals surface area contributed by atoms with Crippen LogP contribution in [0.5, 0.6) is 17.2 Å². The standard InChI is InChI=1S/C26H24Br2O5/c1-26(2,25(30)17-8-6-5-7-9-17)19-15-18(31-3)10-11-22(19)33-24-20(27)12-16(13-21(24)28)14-23(29)32-4/h5-13,15H,14H2,1-4H3. The zero-order chi connectivity index (χ0) is 24.2. The van der Waals surface area contributed by atoms with Crippen LogP contribution in [0.15, 0.2) is 69.6 Å². The molecule has 0 bridgehead atoms. The fraction of sp³-hybridized carbons (Fsp3) is 0.231. The Balaban J connectivity index is 2.03. The van der Waals surface area contributed by atoms with Gasteiger partial charge in [-0.3, -0.25) is 9.59 Å². The molecule has 5 nitrogen and oxygen atoms in total. The molecule has 0 N–H and O–H groups in total. The monoisotopic (exact) mass is 574 g/mol. The number of carbonyl (C=O) groups is 2. The van der Waals surface area contributed by atoms with Gasteiger partial charge in [0.2, 0.25) is 0 Å². The number of ether oxygens (including phenoxy) is 3. The Morgan fingerprint density at radius 1 is 0.909 bits per heavy atom. The maximum Gasteiger partial charge on any atom is 0.309 e. The normalized spacial score (nSPS) is 11.1. The van der Waals surface area contributed by atoms with E-state index in [1.54, 1.807) is 43.5 Å². The van der Waals surface area contributed by atoms with Crippen molar-refractivity contribution < 1.29 is 23.8 Å². The molecule has 0 heterocycles. The maximum atomic E-state index is 13.4. The Bertz CT molecular complexity index is 1150. The first-order valence-electron chi connectivity index (χ1n) is 10.2. The molecule has 0 saturated heterocycles. The third-order valence-corrected chi connectivity index (χ3v) is 6.49. The van der Waals surface area contributed by atoms with E-state index < -0.39 is 5.41 Å². The van der Waals surface area contributed by atoms with Gasteiger partial charge in [0.1, 0.15) is 11.5 Å². The number of esters is 1. The summed E-state index contributed by atoms with van der Waals surface area (Å²) in [4.78, 5) is 25.1. The molecule has 3 rings (SSSR count). The van der Waals surface area contributed by atoms with Gasteiger partial charge in [0.05, 0.1) is 35.0 Å². The lowest BCUT2D eigenvalue weighted by Gasteiger charge is -2.27. The minimum absolute atomic E-state index is 0.0345. The Morgan fingerprint density at radius 3 is 2.12 bits per heavy atom. The summed E-state index contributed by atoms with van der Waals surface area (Å²) in [6, 6.07) is 18.2. The molecular weight excluding hydrogens is 552 g/mol. The average molecular weight is 576 g/mol. The van der Waals surface area contributed by atoms with Gasteiger partial charge < -0.3 is 14.2 Å². The zero-order valence-corrected chi connectivity index (χ0v) is 21.9. The highest BCUT2D eigenvalue weighted by molar-refractivity contribution is 9.11. The van der Waals surface area contributed by atoms with Crippen LogP contribution in [-0.4, -0.2) is 26.0 Å². The smallest absolute Gasteiger partial charge is 0.309 e. The average Bonchev–Trinajstić information content (AvgIpc) is 2.81. The van der Waals surface area contributed by atoms with Crippen LogP contribution in [-0.2, 0) is 21.4 Å². The van der Waals surface area contributed by atoms with Gasteiger partial charge in [-0.15, -0.1) is 0 Å². The molecule has 0 aromatic heterocycles. The third-order valence-electron chi connectivity index (χ3n) is 5.31. The van der Waals surface area contributed by atoms with Crippen LogP contribution in [0.2, 0.25) is 0 Å². The van der Waals surface area contributed by atoms with Crippen molar-refractivity contribution >= 4 is 43.6 Å². The molecule has 0 aliphatic heterocycles. The number of benzene rings is 3. The highest BCUT2D eigenvalue weighted by Crippen LogP contribution is 2.43. The molecule has 0 radical (unpaired) electrons. The van der Waals surface area contributed by atoms with E-state index in [-0.39, 0.29) is 18.2 Å². The van der Waals surface area contributed by atoms with Crippen molar-refractivity contribution in [1.82, 2.24) is 0 Å². The van der Waals surface area contributed by atoms with Gasteiger partial charge in [0.25, 0.3) is 0 Å². The lowest BCUT2D eigenvalue weighted by Crippen LogP contribution is -2.29. The molecule has 0 aliphatic carbocycles. The number of rotatable bonds is 8. The summed E-state index contributed by atoms with van der Waals surface area (Å²) in [7, 11) is 2.94. The van der Waals surface area contributed by atoms with Crippen molar-refractivity contribution in [3.8, 4) is 17.2 Å². The first-order valence-corrected chi connectivity index (χ1v) is 11.8. The van der Waals surface area contributed by atoms with Crippen LogP contribution in [0.1, 0.15) is 35.3 Å². The Hall–Kier alpha value is -2.64. The summed E-state index contributed by atoms with van der Waals surface area (Å²) in [5, 5.41) is 0. The summed E-state index contributed by atoms with van der Waals surface area (Å²) < 4.78 is 17.8. The van der Waals surface area contributed by atoms with Crippen LogP contribution in [0.3, 0.4) is 0 Å². The first kappa shape index (κ1) is 25.0. The second-order valence-electron chi connectivity index (χ2n) is 7.93. The predicted molar refractivity (Wildman–Crippen MR) is 134 cm³/mol. The van der Waals surface area contributed by atoms with E-state index in [0.717, 1.165) is 5.56 Å². The minimum Gasteiger partial charge on any atom is -0.497 e. The number of hydrogen-bond acceptors (Lipinski definition) is 5. The van der Waals surface area contributed by atoms with Gasteiger partial charge in [-0.2, -0.15) is 0 Å². The second kappa shape index (κ2) is 10.5. The van der Waals surface area contributed by atoms with Crippen LogP contribution >= 0.6 is 31.9 Å². The molecule has 0 aliphatic rings. The molecule has 33 heavy (non-hydrogen) atoms. The molecule has 7 heteroatoms. The second-order valence-corrected chi connectivity index (χ2v) is 9.63. The lowest BCUT2D eigenvalue weighted by molar-refractivity contribution is -0.139. The Kier molecular flexibility index (Phi) is 7.97. The van der Waals surface area contributed by atoms with Crippen molar-refractivity contribution in [2.45, 2.75) is 25.7 Å². The number of Topliss-reactive ketones (excluding diaryl/α,β-unsaturated/α-hetero) is 1. The fourth-order valence-corrected chi connectivity index (χ4v) is 4.89. The van der Waals surface area contributed by atoms with Gasteiger partial charge in [-0.05, 0) is 81.6 Å². The van der Waals surface area contributed by atoms with E-state index >= 15 is 0 Å². The molecule has 0 unspecified atom stereocenters. The number of ketones is 1. The maximum absolute atomic E-state index is 13.4. The summed E-state index contributed by atoms with van der Waals surface area (Å²) >= 11 is 7.07. The van der Waals surface area contributed by atoms with E-state index in [0.29, 0.717) is 37.3 Å². The quantitative estimate of drug-likeness (QED) is 0.216. The van der Waals surface area contributed by atoms with E-state index in [1.807, 2.05) is 38.1 Å². The van der Waals surface area contributed by atoms with Crippen LogP contribution in [0.25, 0.3) is 0 Å². The van der Waals surface area contributed by atoms with E-state index in [4.69, 9.17) is 14.2 Å². The van der Waals surface area contributed by atoms with Crippen LogP contribution < -0.4 is 9.47 Å². The summed E-state index contributed by atoms with van der Waals surface area (Å²) in [5.41, 5.74) is 1.18. The largest absolute Gasteiger partial charge is 0.497 e. The number of hydrogen-bond donors (Lipinski definition) is 0. The molecule has 0 spiro atoms. The lowest BCUT2D eigenvalue weighted by atomic mass is 9.77. The summed E-state index contributed by atoms with van der Waals surface area (Å²) in [6.45, 7) is 3.74. The molecule has 3 aromatic rings. The highest BCUT2D eigenvalue weighted by Gasteiger charge is 2.34. The number of methoxy groups -OCH3 is 2. The van der Waals surface area contributed by atoms with Crippen molar-refractivity contribution in [2.24, 2.45) is 0 Å². The molecule has 172 valence electrons. The van der Waals surface area contributed by atoms with Crippen molar-refractivity contribution in [3.63, 3.8) is 0 Å². The molecule has 0 saturated carbocycles. The summed E-state index contributed by atoms with van der Waals surface area (Å²) in [5.74, 6) is 1.30. The van der Waals surface area contributed by atoms with Gasteiger partial charge in [0.15, 0.2) is 11.5 Å². The Morgan fingerprint density at radius 2 is 1.55 bits per heavy atom. The van der Waals surface area contributed by atoms with Gasteiger partial charge >= 0.3 is 5.97 Å². The predicted octanol–water partition coefficient (Wildman–Crippen LogP) is 6.89.